The topological polar surface area (TPSA) is 81.8 Å². The number of nitrogens with two attached hydrogens (primary N) is 1. The van der Waals surface area contributed by atoms with Crippen molar-refractivity contribution in [3.05, 3.63) is 71.1 Å². The highest BCUT2D eigenvalue weighted by Crippen LogP contribution is 2.43. The molecule has 0 saturated carbocycles. The summed E-state index contributed by atoms with van der Waals surface area (Å²) in [6, 6.07) is 14.8. The third-order valence-electron chi connectivity index (χ3n) is 3.74. The third-order valence-corrected chi connectivity index (χ3v) is 3.74. The smallest absolute Gasteiger partial charge is 0.337 e. The van der Waals surface area contributed by atoms with Crippen molar-refractivity contribution >= 4 is 5.97 Å². The van der Waals surface area contributed by atoms with Gasteiger partial charge in [0.1, 0.15) is 17.1 Å². The second-order valence-corrected chi connectivity index (χ2v) is 5.16. The van der Waals surface area contributed by atoms with Gasteiger partial charge < -0.3 is 20.3 Å². The van der Waals surface area contributed by atoms with Crippen LogP contribution in [0.3, 0.4) is 0 Å². The van der Waals surface area contributed by atoms with Gasteiger partial charge in [0.25, 0.3) is 0 Å². The lowest BCUT2D eigenvalue weighted by atomic mass is 9.83. The van der Waals surface area contributed by atoms with Crippen LogP contribution in [0.15, 0.2) is 60.0 Å². The van der Waals surface area contributed by atoms with Crippen LogP contribution in [0.25, 0.3) is 0 Å². The standard InChI is InChI=1S/C18H17NO4/c1-2-22-12-8-9-13-14(10-12)23-17(19)16(18(20)21)15(13)11-6-4-3-5-7-11/h3-10,15H,2,19H2,1H3,(H,20,21). The zero-order valence-electron chi connectivity index (χ0n) is 12.7. The van der Waals surface area contributed by atoms with E-state index in [0.717, 1.165) is 11.1 Å². The van der Waals surface area contributed by atoms with Crippen molar-refractivity contribution in [2.75, 3.05) is 6.61 Å². The van der Waals surface area contributed by atoms with E-state index < -0.39 is 11.9 Å². The quantitative estimate of drug-likeness (QED) is 0.907. The Labute approximate surface area is 134 Å². The summed E-state index contributed by atoms with van der Waals surface area (Å²) in [7, 11) is 0. The van der Waals surface area contributed by atoms with Crippen LogP contribution in [-0.4, -0.2) is 17.7 Å². The van der Waals surface area contributed by atoms with E-state index >= 15 is 0 Å². The Kier molecular flexibility index (Phi) is 3.93. The summed E-state index contributed by atoms with van der Waals surface area (Å²) in [6.45, 7) is 2.43. The van der Waals surface area contributed by atoms with Gasteiger partial charge in [0.2, 0.25) is 5.88 Å². The first kappa shape index (κ1) is 15.0. The molecule has 1 unspecified atom stereocenters. The highest BCUT2D eigenvalue weighted by molar-refractivity contribution is 5.91. The van der Waals surface area contributed by atoms with Crippen molar-refractivity contribution in [2.24, 2.45) is 5.73 Å². The number of carboxylic acids is 1. The fourth-order valence-corrected chi connectivity index (χ4v) is 2.79. The zero-order chi connectivity index (χ0) is 16.4. The molecule has 0 fully saturated rings. The van der Waals surface area contributed by atoms with Crippen molar-refractivity contribution in [1.82, 2.24) is 0 Å². The first-order valence-electron chi connectivity index (χ1n) is 7.34. The van der Waals surface area contributed by atoms with Crippen molar-refractivity contribution in [1.29, 1.82) is 0 Å². The number of rotatable bonds is 4. The van der Waals surface area contributed by atoms with Crippen molar-refractivity contribution < 1.29 is 19.4 Å². The Morgan fingerprint density at radius 3 is 2.65 bits per heavy atom. The van der Waals surface area contributed by atoms with Gasteiger partial charge in [-0.3, -0.25) is 0 Å². The summed E-state index contributed by atoms with van der Waals surface area (Å²) < 4.78 is 11.0. The van der Waals surface area contributed by atoms with Gasteiger partial charge >= 0.3 is 5.97 Å². The monoisotopic (exact) mass is 311 g/mol. The summed E-state index contributed by atoms with van der Waals surface area (Å²) in [4.78, 5) is 11.7. The molecular weight excluding hydrogens is 294 g/mol. The Bertz CT molecular complexity index is 768. The number of benzene rings is 2. The molecule has 0 radical (unpaired) electrons. The minimum atomic E-state index is -1.09. The van der Waals surface area contributed by atoms with Crippen LogP contribution in [0.2, 0.25) is 0 Å². The molecule has 1 aliphatic rings. The lowest BCUT2D eigenvalue weighted by molar-refractivity contribution is -0.133. The van der Waals surface area contributed by atoms with Crippen LogP contribution in [0.4, 0.5) is 0 Å². The number of carbonyl (C=O) groups is 1. The van der Waals surface area contributed by atoms with Gasteiger partial charge in [-0.05, 0) is 18.6 Å². The van der Waals surface area contributed by atoms with Crippen LogP contribution < -0.4 is 15.2 Å². The molecule has 3 rings (SSSR count). The van der Waals surface area contributed by atoms with Gasteiger partial charge in [-0.25, -0.2) is 4.79 Å². The van der Waals surface area contributed by atoms with Gasteiger partial charge in [0.15, 0.2) is 0 Å². The predicted molar refractivity (Wildman–Crippen MR) is 85.4 cm³/mol. The predicted octanol–water partition coefficient (Wildman–Crippen LogP) is 2.86. The summed E-state index contributed by atoms with van der Waals surface area (Å²) in [5.74, 6) is -0.478. The van der Waals surface area contributed by atoms with E-state index in [1.165, 1.54) is 0 Å². The summed E-state index contributed by atoms with van der Waals surface area (Å²) in [6.07, 6.45) is 0. The minimum absolute atomic E-state index is 0.0489. The van der Waals surface area contributed by atoms with Gasteiger partial charge in [-0.15, -0.1) is 0 Å². The molecule has 1 atom stereocenters. The minimum Gasteiger partial charge on any atom is -0.494 e. The van der Waals surface area contributed by atoms with Crippen LogP contribution in [0.1, 0.15) is 24.0 Å². The molecule has 1 aliphatic heterocycles. The molecular formula is C18H17NO4. The number of hydrogen-bond acceptors (Lipinski definition) is 4. The molecule has 5 heteroatoms. The van der Waals surface area contributed by atoms with E-state index in [9.17, 15) is 9.90 Å². The van der Waals surface area contributed by atoms with E-state index in [1.807, 2.05) is 49.4 Å². The van der Waals surface area contributed by atoms with Crippen molar-refractivity contribution in [2.45, 2.75) is 12.8 Å². The average molecular weight is 311 g/mol. The van der Waals surface area contributed by atoms with E-state index in [2.05, 4.69) is 0 Å². The third kappa shape index (κ3) is 2.73. The zero-order valence-corrected chi connectivity index (χ0v) is 12.7. The van der Waals surface area contributed by atoms with Crippen molar-refractivity contribution in [3.63, 3.8) is 0 Å². The maximum Gasteiger partial charge on any atom is 0.337 e. The molecule has 0 amide bonds. The summed E-state index contributed by atoms with van der Waals surface area (Å²) in [5.41, 5.74) is 7.54. The second-order valence-electron chi connectivity index (χ2n) is 5.16. The van der Waals surface area contributed by atoms with E-state index in [0.29, 0.717) is 18.1 Å². The average Bonchev–Trinajstić information content (AvgIpc) is 2.54. The molecule has 1 heterocycles. The normalized spacial score (nSPS) is 16.5. The SMILES string of the molecule is CCOc1ccc2c(c1)OC(N)=C(C(=O)O)C2c1ccccc1. The number of carboxylic acid groups (broad SMARTS) is 1. The van der Waals surface area contributed by atoms with Gasteiger partial charge in [0, 0.05) is 11.6 Å². The molecule has 0 saturated heterocycles. The highest BCUT2D eigenvalue weighted by Gasteiger charge is 2.34. The largest absolute Gasteiger partial charge is 0.494 e. The van der Waals surface area contributed by atoms with Crippen LogP contribution in [0, 0.1) is 0 Å². The fourth-order valence-electron chi connectivity index (χ4n) is 2.79. The molecule has 0 spiro atoms. The van der Waals surface area contributed by atoms with Gasteiger partial charge in [-0.1, -0.05) is 36.4 Å². The molecule has 3 N–H and O–H groups in total. The Balaban J connectivity index is 2.16. The second kappa shape index (κ2) is 6.04. The number of hydrogen-bond donors (Lipinski definition) is 2. The lowest BCUT2D eigenvalue weighted by Crippen LogP contribution is -2.26. The van der Waals surface area contributed by atoms with E-state index in [4.69, 9.17) is 15.2 Å². The van der Waals surface area contributed by atoms with Crippen LogP contribution >= 0.6 is 0 Å². The maximum absolute atomic E-state index is 11.7. The van der Waals surface area contributed by atoms with Crippen molar-refractivity contribution in [3.8, 4) is 11.5 Å². The molecule has 0 bridgehead atoms. The molecule has 0 aliphatic carbocycles. The Morgan fingerprint density at radius 1 is 1.26 bits per heavy atom. The molecule has 2 aromatic carbocycles. The van der Waals surface area contributed by atoms with Crippen LogP contribution in [-0.2, 0) is 4.79 Å². The van der Waals surface area contributed by atoms with Gasteiger partial charge in [-0.2, -0.15) is 0 Å². The number of fused-ring (bicyclic) bond motifs is 1. The van der Waals surface area contributed by atoms with Gasteiger partial charge in [0.05, 0.1) is 12.5 Å². The first-order valence-corrected chi connectivity index (χ1v) is 7.34. The summed E-state index contributed by atoms with van der Waals surface area (Å²) >= 11 is 0. The molecule has 0 aromatic heterocycles. The fraction of sp³-hybridized carbons (Fsp3) is 0.167. The van der Waals surface area contributed by atoms with E-state index in [-0.39, 0.29) is 11.5 Å². The highest BCUT2D eigenvalue weighted by atomic mass is 16.5. The maximum atomic E-state index is 11.7. The number of aliphatic carboxylic acids is 1. The first-order chi connectivity index (χ1) is 11.1. The number of ether oxygens (including phenoxy) is 2. The molecule has 118 valence electrons. The molecule has 5 nitrogen and oxygen atoms in total. The van der Waals surface area contributed by atoms with Crippen LogP contribution in [0.5, 0.6) is 11.5 Å². The molecule has 2 aromatic rings. The Morgan fingerprint density at radius 2 is 2.00 bits per heavy atom. The molecule has 23 heavy (non-hydrogen) atoms. The van der Waals surface area contributed by atoms with E-state index in [1.54, 1.807) is 6.07 Å². The Hall–Kier alpha value is -2.95. The lowest BCUT2D eigenvalue weighted by Gasteiger charge is -2.27. The summed E-state index contributed by atoms with van der Waals surface area (Å²) in [5, 5.41) is 9.56.